The smallest absolute Gasteiger partial charge is 0.226 e. The number of hydrogen-bond acceptors (Lipinski definition) is 6. The maximum absolute atomic E-state index is 12.4. The molecule has 1 N–H and O–H groups in total. The number of hydrogen-bond donors (Lipinski definition) is 1. The van der Waals surface area contributed by atoms with Gasteiger partial charge in [0, 0.05) is 31.9 Å². The monoisotopic (exact) mass is 464 g/mol. The van der Waals surface area contributed by atoms with E-state index < -0.39 is 9.84 Å². The molecule has 0 aliphatic rings. The molecule has 0 radical (unpaired) electrons. The highest BCUT2D eigenvalue weighted by atomic mass is 32.2. The Balaban J connectivity index is 1.73. The number of imidazole rings is 1. The zero-order valence-electron chi connectivity index (χ0n) is 18.6. The minimum Gasteiger partial charge on any atom is -0.457 e. The number of H-pyrrole nitrogens is 1. The number of ether oxygens (including phenoxy) is 1. The molecule has 1 amide bonds. The fourth-order valence-corrected chi connectivity index (χ4v) is 4.15. The number of carbonyl (C=O) groups is 1. The summed E-state index contributed by atoms with van der Waals surface area (Å²) in [5, 5.41) is 0. The zero-order chi connectivity index (χ0) is 23.6. The lowest BCUT2D eigenvalue weighted by Crippen LogP contribution is -2.23. The third kappa shape index (κ3) is 4.88. The largest absolute Gasteiger partial charge is 0.457 e. The minimum absolute atomic E-state index is 0.0262. The zero-order valence-corrected chi connectivity index (χ0v) is 19.4. The van der Waals surface area contributed by atoms with Crippen LogP contribution >= 0.6 is 0 Å². The lowest BCUT2D eigenvalue weighted by molar-refractivity contribution is -0.127. The summed E-state index contributed by atoms with van der Waals surface area (Å²) in [6, 6.07) is 15.4. The van der Waals surface area contributed by atoms with Crippen LogP contribution in [0.25, 0.3) is 22.6 Å². The van der Waals surface area contributed by atoms with Gasteiger partial charge in [0.1, 0.15) is 17.2 Å². The van der Waals surface area contributed by atoms with E-state index in [1.807, 2.05) is 24.3 Å². The van der Waals surface area contributed by atoms with E-state index in [0.717, 1.165) is 5.52 Å². The van der Waals surface area contributed by atoms with Crippen LogP contribution in [0.5, 0.6) is 11.5 Å². The molecule has 4 aromatic rings. The maximum Gasteiger partial charge on any atom is 0.226 e. The molecule has 0 aliphatic carbocycles. The number of nitrogens with zero attached hydrogens (tertiary/aromatic N) is 3. The number of rotatable bonds is 7. The van der Waals surface area contributed by atoms with E-state index in [1.54, 1.807) is 45.4 Å². The fraction of sp³-hybridized carbons (Fsp3) is 0.208. The summed E-state index contributed by atoms with van der Waals surface area (Å²) in [4.78, 5) is 26.4. The number of likely N-dealkylation sites (N-methyl/N-ethyl adjacent to an activating group) is 1. The molecule has 33 heavy (non-hydrogen) atoms. The summed E-state index contributed by atoms with van der Waals surface area (Å²) in [6.07, 6.45) is 1.83. The molecule has 0 fully saturated rings. The normalized spacial score (nSPS) is 11.5. The van der Waals surface area contributed by atoms with Crippen LogP contribution in [0.4, 0.5) is 0 Å². The Morgan fingerprint density at radius 3 is 2.48 bits per heavy atom. The van der Waals surface area contributed by atoms with Gasteiger partial charge in [0.15, 0.2) is 15.7 Å². The van der Waals surface area contributed by atoms with Gasteiger partial charge in [-0.1, -0.05) is 13.0 Å². The van der Waals surface area contributed by atoms with Gasteiger partial charge >= 0.3 is 0 Å². The molecule has 0 spiro atoms. The quantitative estimate of drug-likeness (QED) is 0.446. The van der Waals surface area contributed by atoms with E-state index in [9.17, 15) is 13.2 Å². The standard InChI is InChI=1S/C24H24N4O4S/c1-4-33(30,31)18-10-8-17(9-11-18)32-22-15-21-20(13-16(22)14-23(29)28(2)3)26-24(27-21)19-7-5-6-12-25-19/h5-13,15H,4,14H2,1-3H3,(H,26,27). The Kier molecular flexibility index (Phi) is 6.15. The van der Waals surface area contributed by atoms with Gasteiger partial charge in [-0.15, -0.1) is 0 Å². The molecule has 2 aromatic carbocycles. The first-order chi connectivity index (χ1) is 15.8. The van der Waals surface area contributed by atoms with Crippen molar-refractivity contribution in [2.75, 3.05) is 19.8 Å². The van der Waals surface area contributed by atoms with E-state index in [0.29, 0.717) is 34.1 Å². The lowest BCUT2D eigenvalue weighted by atomic mass is 10.1. The molecular formula is C24H24N4O4S. The van der Waals surface area contributed by atoms with Gasteiger partial charge in [0.05, 0.1) is 28.1 Å². The highest BCUT2D eigenvalue weighted by Gasteiger charge is 2.17. The molecule has 170 valence electrons. The van der Waals surface area contributed by atoms with Crippen molar-refractivity contribution >= 4 is 26.8 Å². The highest BCUT2D eigenvalue weighted by molar-refractivity contribution is 7.91. The second-order valence-electron chi connectivity index (χ2n) is 7.72. The Hall–Kier alpha value is -3.72. The number of pyridine rings is 1. The second-order valence-corrected chi connectivity index (χ2v) is 10.00. The molecule has 0 saturated carbocycles. The van der Waals surface area contributed by atoms with Crippen LogP contribution in [-0.2, 0) is 21.1 Å². The number of aromatic nitrogens is 3. The van der Waals surface area contributed by atoms with Gasteiger partial charge in [0.2, 0.25) is 5.91 Å². The van der Waals surface area contributed by atoms with Crippen molar-refractivity contribution in [3.63, 3.8) is 0 Å². The van der Waals surface area contributed by atoms with Gasteiger partial charge in [-0.2, -0.15) is 0 Å². The Labute approximate surface area is 192 Å². The molecule has 4 rings (SSSR count). The van der Waals surface area contributed by atoms with Crippen LogP contribution in [0.1, 0.15) is 12.5 Å². The van der Waals surface area contributed by atoms with Crippen molar-refractivity contribution in [2.24, 2.45) is 0 Å². The third-order valence-electron chi connectivity index (χ3n) is 5.20. The van der Waals surface area contributed by atoms with Crippen LogP contribution < -0.4 is 4.74 Å². The van der Waals surface area contributed by atoms with Gasteiger partial charge in [-0.3, -0.25) is 9.78 Å². The van der Waals surface area contributed by atoms with E-state index in [2.05, 4.69) is 15.0 Å². The minimum atomic E-state index is -3.30. The number of aromatic amines is 1. The number of amides is 1. The lowest BCUT2D eigenvalue weighted by Gasteiger charge is -2.14. The summed E-state index contributed by atoms with van der Waals surface area (Å²) in [7, 11) is 0.0965. The van der Waals surface area contributed by atoms with Crippen LogP contribution in [-0.4, -0.2) is 54.0 Å². The maximum atomic E-state index is 12.4. The number of carbonyl (C=O) groups excluding carboxylic acids is 1. The highest BCUT2D eigenvalue weighted by Crippen LogP contribution is 2.32. The molecule has 0 unspecified atom stereocenters. The van der Waals surface area contributed by atoms with Gasteiger partial charge in [0.25, 0.3) is 0 Å². The molecule has 0 atom stereocenters. The number of benzene rings is 2. The molecule has 0 saturated heterocycles. The summed E-state index contributed by atoms with van der Waals surface area (Å²) in [5.41, 5.74) is 2.81. The topological polar surface area (TPSA) is 105 Å². The molecule has 0 bridgehead atoms. The van der Waals surface area contributed by atoms with Crippen molar-refractivity contribution in [3.8, 4) is 23.0 Å². The van der Waals surface area contributed by atoms with Crippen molar-refractivity contribution < 1.29 is 17.9 Å². The van der Waals surface area contributed by atoms with Crippen molar-refractivity contribution in [1.82, 2.24) is 19.9 Å². The predicted octanol–water partition coefficient (Wildman–Crippen LogP) is 3.84. The van der Waals surface area contributed by atoms with Gasteiger partial charge < -0.3 is 14.6 Å². The van der Waals surface area contributed by atoms with Crippen molar-refractivity contribution in [2.45, 2.75) is 18.2 Å². The number of fused-ring (bicyclic) bond motifs is 1. The molecule has 8 nitrogen and oxygen atoms in total. The first-order valence-electron chi connectivity index (χ1n) is 10.4. The van der Waals surface area contributed by atoms with Crippen LogP contribution in [0.15, 0.2) is 65.7 Å². The average Bonchev–Trinajstić information content (AvgIpc) is 3.23. The summed E-state index contributed by atoms with van der Waals surface area (Å²) in [5.74, 6) is 1.50. The number of nitrogens with one attached hydrogen (secondary N) is 1. The van der Waals surface area contributed by atoms with E-state index in [4.69, 9.17) is 4.74 Å². The van der Waals surface area contributed by atoms with Gasteiger partial charge in [-0.05, 0) is 42.5 Å². The summed E-state index contributed by atoms with van der Waals surface area (Å²) >= 11 is 0. The third-order valence-corrected chi connectivity index (χ3v) is 6.95. The van der Waals surface area contributed by atoms with E-state index in [-0.39, 0.29) is 23.0 Å². The van der Waals surface area contributed by atoms with Crippen molar-refractivity contribution in [3.05, 3.63) is 66.4 Å². The van der Waals surface area contributed by atoms with Crippen molar-refractivity contribution in [1.29, 1.82) is 0 Å². The van der Waals surface area contributed by atoms with E-state index >= 15 is 0 Å². The van der Waals surface area contributed by atoms with Crippen LogP contribution in [0.3, 0.4) is 0 Å². The first-order valence-corrected chi connectivity index (χ1v) is 12.1. The fourth-order valence-electron chi connectivity index (χ4n) is 3.27. The summed E-state index contributed by atoms with van der Waals surface area (Å²) < 4.78 is 30.2. The van der Waals surface area contributed by atoms with Gasteiger partial charge in [-0.25, -0.2) is 13.4 Å². The predicted molar refractivity (Wildman–Crippen MR) is 126 cm³/mol. The Bertz CT molecular complexity index is 1400. The van der Waals surface area contributed by atoms with Crippen LogP contribution in [0, 0.1) is 0 Å². The molecule has 9 heteroatoms. The Morgan fingerprint density at radius 1 is 1.09 bits per heavy atom. The first kappa shape index (κ1) is 22.5. The molecular weight excluding hydrogens is 440 g/mol. The molecule has 2 heterocycles. The average molecular weight is 465 g/mol. The molecule has 0 aliphatic heterocycles. The van der Waals surface area contributed by atoms with E-state index in [1.165, 1.54) is 17.0 Å². The molecule has 2 aromatic heterocycles. The second kappa shape index (κ2) is 9.03. The van der Waals surface area contributed by atoms with Crippen LogP contribution in [0.2, 0.25) is 0 Å². The Morgan fingerprint density at radius 2 is 1.85 bits per heavy atom. The SMILES string of the molecule is CCS(=O)(=O)c1ccc(Oc2cc3nc(-c4ccccn4)[nH]c3cc2CC(=O)N(C)C)cc1. The summed E-state index contributed by atoms with van der Waals surface area (Å²) in [6.45, 7) is 1.60. The number of sulfone groups is 1.